The van der Waals surface area contributed by atoms with Crippen LogP contribution in [0.15, 0.2) is 47.5 Å². The maximum atomic E-state index is 14.6. The molecule has 0 amide bonds. The van der Waals surface area contributed by atoms with Crippen LogP contribution in [0.5, 0.6) is 0 Å². The standard InChI is InChI=1S/C27H26F3N5O3/c1-31-21-6-10-35(26(36)24(21)30)22-3-7-32-25-18(22)13-17(33(25)2)14-34-8-4-15(5-9-34)23-19(28)11-16(27(37)38)12-20(23)29/h3,6-7,10-13,15,31H,4-5,8-9,14H2,1-2H3,(H,37,38). The van der Waals surface area contributed by atoms with Gasteiger partial charge in [-0.05, 0) is 62.2 Å². The highest BCUT2D eigenvalue weighted by atomic mass is 19.1. The van der Waals surface area contributed by atoms with E-state index in [0.29, 0.717) is 49.2 Å². The van der Waals surface area contributed by atoms with Gasteiger partial charge in [-0.25, -0.2) is 18.6 Å². The molecule has 1 aromatic carbocycles. The fourth-order valence-electron chi connectivity index (χ4n) is 5.22. The normalized spacial score (nSPS) is 14.8. The number of hydrogen-bond acceptors (Lipinski definition) is 5. The second-order valence-electron chi connectivity index (χ2n) is 9.44. The number of rotatable bonds is 6. The maximum absolute atomic E-state index is 14.6. The Hall–Kier alpha value is -4.12. The molecule has 0 unspecified atom stereocenters. The van der Waals surface area contributed by atoms with Crippen LogP contribution in [0.3, 0.4) is 0 Å². The number of carbonyl (C=O) groups is 1. The van der Waals surface area contributed by atoms with Crippen molar-refractivity contribution in [1.82, 2.24) is 19.0 Å². The van der Waals surface area contributed by atoms with Gasteiger partial charge in [-0.2, -0.15) is 4.39 Å². The number of anilines is 1. The molecule has 1 aliphatic heterocycles. The third kappa shape index (κ3) is 4.43. The number of carboxylic acids is 1. The first-order chi connectivity index (χ1) is 18.2. The number of aromatic carboxylic acids is 1. The van der Waals surface area contributed by atoms with Crippen LogP contribution in [0.2, 0.25) is 0 Å². The fraction of sp³-hybridized carbons (Fsp3) is 0.296. The molecule has 1 saturated heterocycles. The van der Waals surface area contributed by atoms with Gasteiger partial charge in [-0.1, -0.05) is 0 Å². The Balaban J connectivity index is 1.37. The van der Waals surface area contributed by atoms with Crippen LogP contribution in [-0.2, 0) is 13.6 Å². The monoisotopic (exact) mass is 525 g/mol. The summed E-state index contributed by atoms with van der Waals surface area (Å²) in [6, 6.07) is 6.82. The lowest BCUT2D eigenvalue weighted by Crippen LogP contribution is -2.33. The fourth-order valence-corrected chi connectivity index (χ4v) is 5.22. The lowest BCUT2D eigenvalue weighted by atomic mass is 9.88. The summed E-state index contributed by atoms with van der Waals surface area (Å²) in [5, 5.41) is 12.4. The first-order valence-electron chi connectivity index (χ1n) is 12.2. The second kappa shape index (κ2) is 9.97. The summed E-state index contributed by atoms with van der Waals surface area (Å²) in [4.78, 5) is 30.4. The number of nitrogens with one attached hydrogen (secondary N) is 1. The summed E-state index contributed by atoms with van der Waals surface area (Å²) >= 11 is 0. The highest BCUT2D eigenvalue weighted by Gasteiger charge is 2.27. The highest BCUT2D eigenvalue weighted by molar-refractivity contribution is 5.88. The number of fused-ring (bicyclic) bond motifs is 1. The van der Waals surface area contributed by atoms with Crippen molar-refractivity contribution < 1.29 is 23.1 Å². The first kappa shape index (κ1) is 25.5. The van der Waals surface area contributed by atoms with Crippen LogP contribution in [0.4, 0.5) is 18.9 Å². The molecule has 4 heterocycles. The molecule has 3 aromatic heterocycles. The molecule has 38 heavy (non-hydrogen) atoms. The Morgan fingerprint density at radius 2 is 1.82 bits per heavy atom. The average Bonchev–Trinajstić information content (AvgIpc) is 3.21. The van der Waals surface area contributed by atoms with Crippen molar-refractivity contribution in [1.29, 1.82) is 0 Å². The molecule has 2 N–H and O–H groups in total. The van der Waals surface area contributed by atoms with E-state index in [1.807, 2.05) is 17.7 Å². The number of likely N-dealkylation sites (tertiary alicyclic amines) is 1. The van der Waals surface area contributed by atoms with E-state index in [4.69, 9.17) is 5.11 Å². The van der Waals surface area contributed by atoms with Gasteiger partial charge < -0.3 is 15.0 Å². The minimum atomic E-state index is -1.37. The molecule has 11 heteroatoms. The van der Waals surface area contributed by atoms with Crippen molar-refractivity contribution in [2.45, 2.75) is 25.3 Å². The maximum Gasteiger partial charge on any atom is 0.335 e. The van der Waals surface area contributed by atoms with Gasteiger partial charge in [0.2, 0.25) is 5.82 Å². The van der Waals surface area contributed by atoms with Crippen LogP contribution in [0, 0.1) is 17.5 Å². The van der Waals surface area contributed by atoms with Gasteiger partial charge in [0.15, 0.2) is 0 Å². The number of benzene rings is 1. The number of halogens is 3. The van der Waals surface area contributed by atoms with Crippen LogP contribution in [0.25, 0.3) is 16.7 Å². The molecule has 1 aliphatic rings. The van der Waals surface area contributed by atoms with Crippen molar-refractivity contribution >= 4 is 22.7 Å². The Kier molecular flexibility index (Phi) is 6.70. The van der Waals surface area contributed by atoms with Crippen LogP contribution < -0.4 is 10.9 Å². The van der Waals surface area contributed by atoms with Gasteiger partial charge >= 0.3 is 5.97 Å². The Bertz CT molecular complexity index is 1580. The minimum absolute atomic E-state index is 0.0601. The molecule has 198 valence electrons. The predicted molar refractivity (Wildman–Crippen MR) is 136 cm³/mol. The van der Waals surface area contributed by atoms with E-state index < -0.39 is 34.5 Å². The molecule has 8 nitrogen and oxygen atoms in total. The van der Waals surface area contributed by atoms with Crippen molar-refractivity contribution in [3.63, 3.8) is 0 Å². The molecular weight excluding hydrogens is 499 g/mol. The number of carboxylic acid groups (broad SMARTS) is 1. The van der Waals surface area contributed by atoms with E-state index in [0.717, 1.165) is 17.8 Å². The largest absolute Gasteiger partial charge is 0.478 e. The van der Waals surface area contributed by atoms with Crippen LogP contribution in [0.1, 0.15) is 40.4 Å². The SMILES string of the molecule is CNc1ccn(-c2ccnc3c2cc(CN2CCC(c4c(F)cc(C(=O)O)cc4F)CC2)n3C)c(=O)c1F. The van der Waals surface area contributed by atoms with Crippen molar-refractivity contribution in [2.75, 3.05) is 25.5 Å². The summed E-state index contributed by atoms with van der Waals surface area (Å²) in [5.41, 5.74) is 0.946. The van der Waals surface area contributed by atoms with Gasteiger partial charge in [0.25, 0.3) is 5.56 Å². The van der Waals surface area contributed by atoms with Crippen LogP contribution in [-0.4, -0.2) is 50.2 Å². The van der Waals surface area contributed by atoms with Crippen molar-refractivity contribution in [3.8, 4) is 5.69 Å². The van der Waals surface area contributed by atoms with Crippen LogP contribution >= 0.6 is 0 Å². The number of aromatic nitrogens is 3. The Labute approximate surface area is 215 Å². The van der Waals surface area contributed by atoms with E-state index >= 15 is 0 Å². The molecule has 0 spiro atoms. The molecule has 5 rings (SSSR count). The van der Waals surface area contributed by atoms with Gasteiger partial charge in [-0.3, -0.25) is 14.3 Å². The van der Waals surface area contributed by atoms with E-state index in [2.05, 4.69) is 15.2 Å². The summed E-state index contributed by atoms with van der Waals surface area (Å²) in [6.07, 6.45) is 4.12. The number of aryl methyl sites for hydroxylation is 1. The number of hydrogen-bond donors (Lipinski definition) is 2. The molecule has 0 radical (unpaired) electrons. The number of nitrogens with zero attached hydrogens (tertiary/aromatic N) is 4. The Morgan fingerprint density at radius 1 is 1.13 bits per heavy atom. The van der Waals surface area contributed by atoms with Crippen molar-refractivity contribution in [2.24, 2.45) is 7.05 Å². The van der Waals surface area contributed by atoms with Gasteiger partial charge in [0.1, 0.15) is 17.3 Å². The lowest BCUT2D eigenvalue weighted by Gasteiger charge is -2.32. The molecule has 0 bridgehead atoms. The van der Waals surface area contributed by atoms with Crippen molar-refractivity contribution in [3.05, 3.63) is 87.4 Å². The molecular formula is C27H26F3N5O3. The number of piperidine rings is 1. The zero-order valence-electron chi connectivity index (χ0n) is 20.8. The summed E-state index contributed by atoms with van der Waals surface area (Å²) in [6.45, 7) is 1.72. The minimum Gasteiger partial charge on any atom is -0.478 e. The second-order valence-corrected chi connectivity index (χ2v) is 9.44. The highest BCUT2D eigenvalue weighted by Crippen LogP contribution is 2.33. The molecule has 1 fully saturated rings. The average molecular weight is 526 g/mol. The first-order valence-corrected chi connectivity index (χ1v) is 12.2. The zero-order valence-corrected chi connectivity index (χ0v) is 20.8. The topological polar surface area (TPSA) is 92.4 Å². The summed E-state index contributed by atoms with van der Waals surface area (Å²) in [7, 11) is 3.41. The molecule has 0 aliphatic carbocycles. The third-order valence-corrected chi connectivity index (χ3v) is 7.28. The Morgan fingerprint density at radius 3 is 2.45 bits per heavy atom. The quantitative estimate of drug-likeness (QED) is 0.391. The van der Waals surface area contributed by atoms with E-state index in [1.165, 1.54) is 16.8 Å². The summed E-state index contributed by atoms with van der Waals surface area (Å²) < 4.78 is 46.8. The van der Waals surface area contributed by atoms with Gasteiger partial charge in [0.05, 0.1) is 16.9 Å². The molecule has 0 saturated carbocycles. The summed E-state index contributed by atoms with van der Waals surface area (Å²) in [5.74, 6) is -4.26. The van der Waals surface area contributed by atoms with E-state index in [9.17, 15) is 22.8 Å². The smallest absolute Gasteiger partial charge is 0.335 e. The van der Waals surface area contributed by atoms with Gasteiger partial charge in [0, 0.05) is 49.7 Å². The lowest BCUT2D eigenvalue weighted by molar-refractivity contribution is 0.0695. The molecule has 4 aromatic rings. The van der Waals surface area contributed by atoms with E-state index in [1.54, 1.807) is 19.3 Å². The third-order valence-electron chi connectivity index (χ3n) is 7.28. The van der Waals surface area contributed by atoms with E-state index in [-0.39, 0.29) is 17.2 Å². The predicted octanol–water partition coefficient (Wildman–Crippen LogP) is 4.26. The number of pyridine rings is 2. The van der Waals surface area contributed by atoms with Gasteiger partial charge in [-0.15, -0.1) is 0 Å². The molecule has 0 atom stereocenters. The zero-order chi connectivity index (χ0) is 27.1.